The minimum absolute atomic E-state index is 0.177. The summed E-state index contributed by atoms with van der Waals surface area (Å²) in [7, 11) is 6.48. The van der Waals surface area contributed by atoms with Gasteiger partial charge >= 0.3 is 45.4 Å². The molecule has 1 heterocycles. The molecule has 1 fully saturated rings. The van der Waals surface area contributed by atoms with Crippen LogP contribution in [0, 0.1) is 0 Å². The van der Waals surface area contributed by atoms with Gasteiger partial charge in [0.25, 0.3) is 0 Å². The van der Waals surface area contributed by atoms with Crippen LogP contribution in [0.15, 0.2) is 0 Å². The molecule has 1 saturated heterocycles. The van der Waals surface area contributed by atoms with E-state index in [4.69, 9.17) is 0 Å². The van der Waals surface area contributed by atoms with E-state index in [0.29, 0.717) is 0 Å². The van der Waals surface area contributed by atoms with Crippen LogP contribution in [0.2, 0.25) is 0 Å². The fraction of sp³-hybridized carbons (Fsp3) is 1.00. The van der Waals surface area contributed by atoms with Gasteiger partial charge in [-0.15, -0.1) is 0 Å². The molecule has 1 aliphatic heterocycles. The number of hydrogen-bond acceptors (Lipinski definition) is 1. The maximum absolute atomic E-state index is 4.28. The Kier molecular flexibility index (Phi) is 1.70. The van der Waals surface area contributed by atoms with E-state index < -0.39 is 0 Å². The van der Waals surface area contributed by atoms with Crippen LogP contribution in [0.1, 0.15) is 13.3 Å². The topological polar surface area (TPSA) is 0 Å². The van der Waals surface area contributed by atoms with Crippen molar-refractivity contribution in [2.24, 2.45) is 0 Å². The van der Waals surface area contributed by atoms with Crippen molar-refractivity contribution in [3.63, 3.8) is 0 Å². The summed E-state index contributed by atoms with van der Waals surface area (Å²) in [6, 6.07) is 0. The van der Waals surface area contributed by atoms with E-state index >= 15 is 0 Å². The zero-order valence-electron chi connectivity index (χ0n) is 3.59. The number of hydrogen-bond donors (Lipinski definition) is 1. The summed E-state index contributed by atoms with van der Waals surface area (Å²) >= 11 is 0. The van der Waals surface area contributed by atoms with Crippen molar-refractivity contribution in [3.05, 3.63) is 0 Å². The molecule has 0 nitrogen and oxygen atoms in total. The van der Waals surface area contributed by atoms with E-state index in [1.807, 2.05) is 10.8 Å². The van der Waals surface area contributed by atoms with Crippen LogP contribution in [0.5, 0.6) is 0 Å². The van der Waals surface area contributed by atoms with E-state index in [-0.39, 0.29) is 8.90 Å². The summed E-state index contributed by atoms with van der Waals surface area (Å²) in [6.07, 6.45) is 1.32. The monoisotopic (exact) mass is 138 g/mol. The van der Waals surface area contributed by atoms with Gasteiger partial charge in [-0.1, -0.05) is 0 Å². The van der Waals surface area contributed by atoms with Gasteiger partial charge in [0.1, 0.15) is 0 Å². The third-order valence-electron chi connectivity index (χ3n) is 0.780. The van der Waals surface area contributed by atoms with Crippen molar-refractivity contribution in [2.45, 2.75) is 17.9 Å². The Morgan fingerprint density at radius 2 is 2.50 bits per heavy atom. The van der Waals surface area contributed by atoms with Gasteiger partial charge in [0, 0.05) is 0 Å². The van der Waals surface area contributed by atoms with Gasteiger partial charge in [0.2, 0.25) is 0 Å². The molecular weight excluding hydrogens is 131 g/mol. The van der Waals surface area contributed by atoms with Gasteiger partial charge in [-0.05, 0) is 0 Å². The van der Waals surface area contributed by atoms with Gasteiger partial charge < -0.3 is 0 Å². The summed E-state index contributed by atoms with van der Waals surface area (Å²) in [6.45, 7) is 2.22. The van der Waals surface area contributed by atoms with Gasteiger partial charge in [0.05, 0.1) is 0 Å². The Labute approximate surface area is 45.9 Å². The molecule has 1 rings (SSSR count). The fourth-order valence-electron chi connectivity index (χ4n) is 0.328. The van der Waals surface area contributed by atoms with E-state index in [9.17, 15) is 0 Å². The Balaban J connectivity index is 2.32. The van der Waals surface area contributed by atoms with Crippen molar-refractivity contribution < 1.29 is 0 Å². The predicted molar refractivity (Wildman–Crippen MR) is 37.6 cm³/mol. The van der Waals surface area contributed by atoms with Crippen LogP contribution < -0.4 is 0 Å². The summed E-state index contributed by atoms with van der Waals surface area (Å²) in [4.78, 5) is 0. The Hall–Kier alpha value is 1.13. The molecule has 2 atom stereocenters. The Morgan fingerprint density at radius 3 is 2.50 bits per heavy atom. The van der Waals surface area contributed by atoms with Crippen LogP contribution in [0.4, 0.5) is 0 Å². The molecule has 0 bridgehead atoms. The van der Waals surface area contributed by atoms with Crippen molar-refractivity contribution in [1.29, 1.82) is 0 Å². The van der Waals surface area contributed by atoms with E-state index in [1.165, 1.54) is 6.42 Å². The average molecular weight is 138 g/mol. The molecule has 36 valence electrons. The molecule has 0 N–H and O–H groups in total. The second kappa shape index (κ2) is 1.94. The Morgan fingerprint density at radius 1 is 2.00 bits per heavy atom. The Bertz CT molecular complexity index is 112. The second-order valence-electron chi connectivity index (χ2n) is 1.27. The molecule has 0 amide bonds. The van der Waals surface area contributed by atoms with E-state index in [2.05, 4.69) is 14.7 Å². The van der Waals surface area contributed by atoms with Crippen LogP contribution in [0.25, 0.3) is 0 Å². The second-order valence-corrected chi connectivity index (χ2v) is 7.55. The molecule has 0 aromatic rings. The van der Waals surface area contributed by atoms with Crippen LogP contribution in [-0.4, -0.2) is 4.58 Å². The fourth-order valence-corrected chi connectivity index (χ4v) is 5.07. The molecule has 1 aliphatic rings. The van der Waals surface area contributed by atoms with Gasteiger partial charge in [-0.3, -0.25) is 0 Å². The molecule has 0 spiro atoms. The summed E-state index contributed by atoms with van der Waals surface area (Å²) < 4.78 is 0.948. The van der Waals surface area contributed by atoms with Crippen molar-refractivity contribution >= 4 is 27.5 Å². The third-order valence-corrected chi connectivity index (χ3v) is 6.62. The average Bonchev–Trinajstić information content (AvgIpc) is 2.19. The number of rotatable bonds is 1. The van der Waals surface area contributed by atoms with Gasteiger partial charge in [0.15, 0.2) is 0 Å². The maximum atomic E-state index is 4.28. The predicted octanol–water partition coefficient (Wildman–Crippen LogP) is 2.71. The minimum atomic E-state index is 0.177. The van der Waals surface area contributed by atoms with E-state index in [1.54, 1.807) is 0 Å². The first-order valence-electron chi connectivity index (χ1n) is 1.99. The standard InChI is InChI=1S/C3H7PS2/c1-2-3-5-6(3)4/h3,6H,2H2,1H3. The van der Waals surface area contributed by atoms with Crippen molar-refractivity contribution in [2.75, 3.05) is 0 Å². The number of thiol groups is 1. The molecule has 2 unspecified atom stereocenters. The molecule has 0 saturated carbocycles. The summed E-state index contributed by atoms with van der Waals surface area (Å²) in [5, 5.41) is 0. The molecule has 3 heteroatoms. The first-order valence-corrected chi connectivity index (χ1v) is 6.04. The van der Waals surface area contributed by atoms with Gasteiger partial charge in [-0.2, -0.15) is 0 Å². The van der Waals surface area contributed by atoms with Gasteiger partial charge in [-0.25, -0.2) is 0 Å². The normalized spacial score (nSPS) is 42.7. The molecule has 0 radical (unpaired) electrons. The van der Waals surface area contributed by atoms with Crippen molar-refractivity contribution in [1.82, 2.24) is 0 Å². The molecule has 0 aromatic heterocycles. The first-order chi connectivity index (χ1) is 2.84. The summed E-state index contributed by atoms with van der Waals surface area (Å²) in [5.41, 5.74) is 0. The molecule has 0 aromatic carbocycles. The first kappa shape index (κ1) is 5.27. The van der Waals surface area contributed by atoms with Crippen LogP contribution in [-0.2, 0) is 0 Å². The molecule has 0 aliphatic carbocycles. The quantitative estimate of drug-likeness (QED) is 0.251. The zero-order chi connectivity index (χ0) is 4.57. The van der Waals surface area contributed by atoms with Crippen molar-refractivity contribution in [3.8, 4) is 0 Å². The van der Waals surface area contributed by atoms with Crippen LogP contribution >= 0.6 is 27.5 Å². The SMILES string of the molecule is CCC1S[SH]1#P. The molecular formula is C3H7PS2. The molecule has 6 heavy (non-hydrogen) atoms. The third kappa shape index (κ3) is 1.05. The van der Waals surface area contributed by atoms with E-state index in [0.717, 1.165) is 4.58 Å². The van der Waals surface area contributed by atoms with Crippen LogP contribution in [0.3, 0.4) is 0 Å². The zero-order valence-corrected chi connectivity index (χ0v) is 6.19. The summed E-state index contributed by atoms with van der Waals surface area (Å²) in [5.74, 6) is 0.